The molecule has 0 atom stereocenters. The fourth-order valence-corrected chi connectivity index (χ4v) is 1.94. The maximum Gasteiger partial charge on any atom is 0.259 e. The van der Waals surface area contributed by atoms with E-state index in [9.17, 15) is 4.79 Å². The van der Waals surface area contributed by atoms with E-state index in [4.69, 9.17) is 0 Å². The van der Waals surface area contributed by atoms with E-state index in [0.717, 1.165) is 21.5 Å². The number of nitrogens with one attached hydrogen (secondary N) is 2. The van der Waals surface area contributed by atoms with Crippen molar-refractivity contribution in [3.63, 3.8) is 0 Å². The molecule has 0 spiro atoms. The van der Waals surface area contributed by atoms with Gasteiger partial charge in [0.15, 0.2) is 0 Å². The van der Waals surface area contributed by atoms with E-state index in [-0.39, 0.29) is 5.91 Å². The van der Waals surface area contributed by atoms with Gasteiger partial charge in [-0.25, -0.2) is 0 Å². The Morgan fingerprint density at radius 3 is 2.58 bits per heavy atom. The molecular weight excluding hydrogens is 306 g/mol. The molecule has 2 rings (SSSR count). The first kappa shape index (κ1) is 13.5. The normalized spacial score (nSPS) is 10.1. The number of hydrogen-bond acceptors (Lipinski definition) is 3. The first-order valence-electron chi connectivity index (χ1n) is 5.81. The average Bonchev–Trinajstić information content (AvgIpc) is 2.41. The van der Waals surface area contributed by atoms with Gasteiger partial charge in [-0.3, -0.25) is 9.78 Å². The highest BCUT2D eigenvalue weighted by atomic mass is 79.9. The minimum Gasteiger partial charge on any atom is -0.387 e. The summed E-state index contributed by atoms with van der Waals surface area (Å²) in [6, 6.07) is 9.27. The monoisotopic (exact) mass is 319 g/mol. The van der Waals surface area contributed by atoms with Crippen molar-refractivity contribution in [3.8, 4) is 0 Å². The van der Waals surface area contributed by atoms with Crippen molar-refractivity contribution in [2.45, 2.75) is 6.92 Å². The molecule has 5 heteroatoms. The lowest BCUT2D eigenvalue weighted by atomic mass is 10.2. The molecule has 1 aromatic carbocycles. The van der Waals surface area contributed by atoms with Crippen LogP contribution in [0.3, 0.4) is 0 Å². The van der Waals surface area contributed by atoms with Gasteiger partial charge in [0.25, 0.3) is 5.91 Å². The van der Waals surface area contributed by atoms with Gasteiger partial charge in [-0.2, -0.15) is 0 Å². The fourth-order valence-electron chi connectivity index (χ4n) is 1.68. The van der Waals surface area contributed by atoms with Crippen LogP contribution in [-0.4, -0.2) is 17.9 Å². The lowest BCUT2D eigenvalue weighted by molar-refractivity contribution is 0.102. The quantitative estimate of drug-likeness (QED) is 0.911. The van der Waals surface area contributed by atoms with Gasteiger partial charge in [-0.05, 0) is 37.3 Å². The van der Waals surface area contributed by atoms with Gasteiger partial charge in [0.05, 0.1) is 11.3 Å². The number of rotatable bonds is 3. The summed E-state index contributed by atoms with van der Waals surface area (Å²) in [5.74, 6) is -0.181. The van der Waals surface area contributed by atoms with E-state index in [1.54, 1.807) is 13.2 Å². The predicted molar refractivity (Wildman–Crippen MR) is 80.6 cm³/mol. The molecule has 0 fully saturated rings. The van der Waals surface area contributed by atoms with Crippen LogP contribution in [-0.2, 0) is 0 Å². The molecule has 0 bridgehead atoms. The van der Waals surface area contributed by atoms with Gasteiger partial charge < -0.3 is 10.6 Å². The summed E-state index contributed by atoms with van der Waals surface area (Å²) in [7, 11) is 1.78. The SMILES string of the molecule is CNc1cc(C)ncc1C(=O)Nc1ccc(Br)cc1. The first-order valence-corrected chi connectivity index (χ1v) is 6.61. The molecule has 0 unspecified atom stereocenters. The summed E-state index contributed by atoms with van der Waals surface area (Å²) in [5.41, 5.74) is 2.90. The third-order valence-electron chi connectivity index (χ3n) is 2.66. The zero-order valence-corrected chi connectivity index (χ0v) is 12.3. The Morgan fingerprint density at radius 2 is 1.95 bits per heavy atom. The number of hydrogen-bond donors (Lipinski definition) is 2. The van der Waals surface area contributed by atoms with Crippen LogP contribution in [0.4, 0.5) is 11.4 Å². The second kappa shape index (κ2) is 5.84. The van der Waals surface area contributed by atoms with Crippen LogP contribution in [0.2, 0.25) is 0 Å². The standard InChI is InChI=1S/C14H14BrN3O/c1-9-7-13(16-2)12(8-17-9)14(19)18-11-5-3-10(15)4-6-11/h3-8H,1-2H3,(H,16,17)(H,18,19). The van der Waals surface area contributed by atoms with Gasteiger partial charge in [0.2, 0.25) is 0 Å². The lowest BCUT2D eigenvalue weighted by Gasteiger charge is -2.10. The summed E-state index contributed by atoms with van der Waals surface area (Å²) in [6.07, 6.45) is 1.58. The second-order valence-corrected chi connectivity index (χ2v) is 5.00. The number of carbonyl (C=O) groups excluding carboxylic acids is 1. The summed E-state index contributed by atoms with van der Waals surface area (Å²) in [5, 5.41) is 5.84. The zero-order chi connectivity index (χ0) is 13.8. The Kier molecular flexibility index (Phi) is 4.16. The molecule has 98 valence electrons. The minimum atomic E-state index is -0.181. The number of anilines is 2. The van der Waals surface area contributed by atoms with Crippen molar-refractivity contribution in [1.29, 1.82) is 0 Å². The van der Waals surface area contributed by atoms with Crippen LogP contribution in [0.15, 0.2) is 41.0 Å². The highest BCUT2D eigenvalue weighted by Gasteiger charge is 2.11. The number of aromatic nitrogens is 1. The number of benzene rings is 1. The number of nitrogens with zero attached hydrogens (tertiary/aromatic N) is 1. The summed E-state index contributed by atoms with van der Waals surface area (Å²) < 4.78 is 0.971. The number of aryl methyl sites for hydroxylation is 1. The highest BCUT2D eigenvalue weighted by Crippen LogP contribution is 2.18. The maximum atomic E-state index is 12.2. The molecular formula is C14H14BrN3O. The number of carbonyl (C=O) groups is 1. The largest absolute Gasteiger partial charge is 0.387 e. The minimum absolute atomic E-state index is 0.181. The van der Waals surface area contributed by atoms with Crippen LogP contribution < -0.4 is 10.6 Å². The molecule has 0 aliphatic carbocycles. The van der Waals surface area contributed by atoms with Crippen molar-refractivity contribution in [1.82, 2.24) is 4.98 Å². The van der Waals surface area contributed by atoms with Gasteiger partial charge in [-0.1, -0.05) is 15.9 Å². The Morgan fingerprint density at radius 1 is 1.26 bits per heavy atom. The van der Waals surface area contributed by atoms with Crippen LogP contribution in [0.5, 0.6) is 0 Å². The van der Waals surface area contributed by atoms with E-state index >= 15 is 0 Å². The van der Waals surface area contributed by atoms with E-state index in [1.807, 2.05) is 37.3 Å². The van der Waals surface area contributed by atoms with Gasteiger partial charge in [0.1, 0.15) is 0 Å². The smallest absolute Gasteiger partial charge is 0.259 e. The van der Waals surface area contributed by atoms with Crippen LogP contribution in [0, 0.1) is 6.92 Å². The molecule has 0 aliphatic heterocycles. The summed E-state index contributed by atoms with van der Waals surface area (Å²) in [4.78, 5) is 16.3. The Bertz CT molecular complexity index is 596. The molecule has 2 N–H and O–H groups in total. The molecule has 4 nitrogen and oxygen atoms in total. The number of halogens is 1. The number of amides is 1. The van der Waals surface area contributed by atoms with E-state index in [2.05, 4.69) is 31.5 Å². The molecule has 1 heterocycles. The maximum absolute atomic E-state index is 12.2. The topological polar surface area (TPSA) is 54.0 Å². The Hall–Kier alpha value is -1.88. The Labute approximate surface area is 120 Å². The van der Waals surface area contributed by atoms with Gasteiger partial charge in [-0.15, -0.1) is 0 Å². The van der Waals surface area contributed by atoms with Crippen molar-refractivity contribution in [2.24, 2.45) is 0 Å². The highest BCUT2D eigenvalue weighted by molar-refractivity contribution is 9.10. The average molecular weight is 320 g/mol. The molecule has 0 saturated carbocycles. The van der Waals surface area contributed by atoms with Crippen LogP contribution in [0.25, 0.3) is 0 Å². The predicted octanol–water partition coefficient (Wildman–Crippen LogP) is 3.45. The zero-order valence-electron chi connectivity index (χ0n) is 10.7. The van der Waals surface area contributed by atoms with Crippen molar-refractivity contribution >= 4 is 33.2 Å². The molecule has 19 heavy (non-hydrogen) atoms. The Balaban J connectivity index is 2.22. The van der Waals surface area contributed by atoms with Crippen molar-refractivity contribution in [3.05, 3.63) is 52.3 Å². The van der Waals surface area contributed by atoms with E-state index in [0.29, 0.717) is 5.56 Å². The third-order valence-corrected chi connectivity index (χ3v) is 3.19. The van der Waals surface area contributed by atoms with Gasteiger partial charge >= 0.3 is 0 Å². The van der Waals surface area contributed by atoms with E-state index < -0.39 is 0 Å². The molecule has 1 amide bonds. The van der Waals surface area contributed by atoms with Crippen LogP contribution >= 0.6 is 15.9 Å². The summed E-state index contributed by atoms with van der Waals surface area (Å²) >= 11 is 3.35. The molecule has 0 radical (unpaired) electrons. The number of pyridine rings is 1. The van der Waals surface area contributed by atoms with Crippen LogP contribution in [0.1, 0.15) is 16.1 Å². The molecule has 0 saturated heterocycles. The molecule has 1 aromatic heterocycles. The lowest BCUT2D eigenvalue weighted by Crippen LogP contribution is -2.14. The van der Waals surface area contributed by atoms with Crippen molar-refractivity contribution in [2.75, 3.05) is 17.7 Å². The molecule has 0 aliphatic rings. The van der Waals surface area contributed by atoms with Gasteiger partial charge in [0, 0.05) is 29.1 Å². The van der Waals surface area contributed by atoms with Crippen molar-refractivity contribution < 1.29 is 4.79 Å². The fraction of sp³-hybridized carbons (Fsp3) is 0.143. The second-order valence-electron chi connectivity index (χ2n) is 4.08. The first-order chi connectivity index (χ1) is 9.10. The molecule has 2 aromatic rings. The third kappa shape index (κ3) is 3.32. The summed E-state index contributed by atoms with van der Waals surface area (Å²) in [6.45, 7) is 1.89. The van der Waals surface area contributed by atoms with E-state index in [1.165, 1.54) is 0 Å².